The lowest BCUT2D eigenvalue weighted by molar-refractivity contribution is -0.00280. The summed E-state index contributed by atoms with van der Waals surface area (Å²) in [7, 11) is 0. The SMILES string of the molecule is CSc1cccc(NC(=O)N2CCNC(OC(=O)c3cccnc3)C2Cl)c1. The molecule has 2 aromatic rings. The lowest BCUT2D eigenvalue weighted by Crippen LogP contribution is -2.59. The van der Waals surface area contributed by atoms with Crippen LogP contribution in [0.25, 0.3) is 0 Å². The van der Waals surface area contributed by atoms with Crippen molar-refractivity contribution >= 4 is 41.1 Å². The third kappa shape index (κ3) is 4.91. The highest BCUT2D eigenvalue weighted by atomic mass is 35.5. The van der Waals surface area contributed by atoms with Crippen LogP contribution >= 0.6 is 23.4 Å². The number of benzene rings is 1. The number of pyridine rings is 1. The molecule has 0 spiro atoms. The maximum Gasteiger partial charge on any atom is 0.341 e. The number of hydrogen-bond acceptors (Lipinski definition) is 6. The molecule has 1 saturated heterocycles. The van der Waals surface area contributed by atoms with E-state index in [1.54, 1.807) is 30.1 Å². The van der Waals surface area contributed by atoms with Crippen LogP contribution in [0.2, 0.25) is 0 Å². The highest BCUT2D eigenvalue weighted by molar-refractivity contribution is 7.98. The lowest BCUT2D eigenvalue weighted by Gasteiger charge is -2.37. The van der Waals surface area contributed by atoms with Gasteiger partial charge in [0.1, 0.15) is 0 Å². The first-order valence-electron chi connectivity index (χ1n) is 8.28. The third-order valence-corrected chi connectivity index (χ3v) is 5.15. The number of rotatable bonds is 4. The molecule has 27 heavy (non-hydrogen) atoms. The van der Waals surface area contributed by atoms with Crippen molar-refractivity contribution in [2.45, 2.75) is 16.6 Å². The Labute approximate surface area is 166 Å². The average Bonchev–Trinajstić information content (AvgIpc) is 2.70. The van der Waals surface area contributed by atoms with Crippen LogP contribution in [-0.4, -0.2) is 53.0 Å². The second-order valence-electron chi connectivity index (χ2n) is 5.75. The molecule has 2 amide bonds. The minimum absolute atomic E-state index is 0.318. The van der Waals surface area contributed by atoms with Gasteiger partial charge >= 0.3 is 12.0 Å². The molecule has 1 aromatic carbocycles. The lowest BCUT2D eigenvalue weighted by atomic mass is 10.3. The number of anilines is 1. The Kier molecular flexibility index (Phi) is 6.54. The molecular weight excluding hydrogens is 388 g/mol. The molecule has 9 heteroatoms. The number of ether oxygens (including phenoxy) is 1. The highest BCUT2D eigenvalue weighted by Gasteiger charge is 2.35. The minimum atomic E-state index is -0.844. The van der Waals surface area contributed by atoms with E-state index in [1.807, 2.05) is 30.5 Å². The van der Waals surface area contributed by atoms with Crippen molar-refractivity contribution in [3.05, 3.63) is 54.4 Å². The first-order valence-corrected chi connectivity index (χ1v) is 9.95. The van der Waals surface area contributed by atoms with Crippen LogP contribution in [0, 0.1) is 0 Å². The van der Waals surface area contributed by atoms with Gasteiger partial charge < -0.3 is 15.0 Å². The second kappa shape index (κ2) is 9.07. The molecule has 2 unspecified atom stereocenters. The Morgan fingerprint density at radius 1 is 1.37 bits per heavy atom. The van der Waals surface area contributed by atoms with Gasteiger partial charge in [0.15, 0.2) is 11.7 Å². The smallest absolute Gasteiger partial charge is 0.341 e. The molecule has 3 rings (SSSR count). The van der Waals surface area contributed by atoms with E-state index in [-0.39, 0.29) is 6.03 Å². The molecule has 1 aromatic heterocycles. The van der Waals surface area contributed by atoms with Crippen LogP contribution in [0.3, 0.4) is 0 Å². The van der Waals surface area contributed by atoms with E-state index in [0.717, 1.165) is 4.90 Å². The van der Waals surface area contributed by atoms with E-state index in [4.69, 9.17) is 16.3 Å². The Balaban J connectivity index is 1.64. The number of esters is 1. The van der Waals surface area contributed by atoms with Crippen LogP contribution in [-0.2, 0) is 4.74 Å². The summed E-state index contributed by atoms with van der Waals surface area (Å²) >= 11 is 7.99. The van der Waals surface area contributed by atoms with Crippen molar-refractivity contribution in [2.75, 3.05) is 24.7 Å². The predicted molar refractivity (Wildman–Crippen MR) is 105 cm³/mol. The zero-order valence-corrected chi connectivity index (χ0v) is 16.2. The molecule has 2 atom stereocenters. The normalized spacial score (nSPS) is 19.4. The summed E-state index contributed by atoms with van der Waals surface area (Å²) in [4.78, 5) is 31.2. The third-order valence-electron chi connectivity index (χ3n) is 3.96. The van der Waals surface area contributed by atoms with Gasteiger partial charge in [-0.1, -0.05) is 17.7 Å². The van der Waals surface area contributed by atoms with Crippen molar-refractivity contribution in [3.8, 4) is 0 Å². The predicted octanol–water partition coefficient (Wildman–Crippen LogP) is 2.99. The van der Waals surface area contributed by atoms with E-state index in [1.165, 1.54) is 11.1 Å². The number of nitrogens with zero attached hydrogens (tertiary/aromatic N) is 2. The van der Waals surface area contributed by atoms with Gasteiger partial charge in [-0.25, -0.2) is 9.59 Å². The standard InChI is InChI=1S/C18H19ClN4O3S/c1-27-14-6-2-5-13(10-14)22-18(25)23-9-8-21-16(15(23)19)26-17(24)12-4-3-7-20-11-12/h2-7,10-11,15-16,21H,8-9H2,1H3,(H,22,25). The zero-order chi connectivity index (χ0) is 19.2. The Bertz CT molecular complexity index is 808. The maximum absolute atomic E-state index is 12.6. The molecule has 2 N–H and O–H groups in total. The van der Waals surface area contributed by atoms with E-state index in [2.05, 4.69) is 15.6 Å². The van der Waals surface area contributed by atoms with Gasteiger partial charge in [0.2, 0.25) is 0 Å². The summed E-state index contributed by atoms with van der Waals surface area (Å²) in [5.41, 5.74) is 0.153. The number of amides is 2. The summed E-state index contributed by atoms with van der Waals surface area (Å²) in [6.07, 6.45) is 4.12. The topological polar surface area (TPSA) is 83.6 Å². The first-order chi connectivity index (χ1) is 13.1. The number of nitrogens with one attached hydrogen (secondary N) is 2. The zero-order valence-electron chi connectivity index (χ0n) is 14.6. The number of alkyl halides is 1. The number of halogens is 1. The number of carbonyl (C=O) groups is 2. The molecule has 0 radical (unpaired) electrons. The van der Waals surface area contributed by atoms with Crippen molar-refractivity contribution in [2.24, 2.45) is 0 Å². The van der Waals surface area contributed by atoms with Crippen LogP contribution < -0.4 is 10.6 Å². The van der Waals surface area contributed by atoms with E-state index in [0.29, 0.717) is 24.3 Å². The molecule has 0 bridgehead atoms. The van der Waals surface area contributed by atoms with E-state index in [9.17, 15) is 9.59 Å². The molecule has 1 aliphatic heterocycles. The number of piperazine rings is 1. The Morgan fingerprint density at radius 2 is 2.22 bits per heavy atom. The summed E-state index contributed by atoms with van der Waals surface area (Å²) in [6.45, 7) is 0.843. The van der Waals surface area contributed by atoms with Gasteiger partial charge in [0, 0.05) is 36.1 Å². The molecule has 0 aliphatic carbocycles. The minimum Gasteiger partial charge on any atom is -0.439 e. The largest absolute Gasteiger partial charge is 0.439 e. The fourth-order valence-electron chi connectivity index (χ4n) is 2.59. The quantitative estimate of drug-likeness (QED) is 0.351. The Morgan fingerprint density at radius 3 is 2.96 bits per heavy atom. The summed E-state index contributed by atoms with van der Waals surface area (Å²) in [5.74, 6) is -0.554. The van der Waals surface area contributed by atoms with Gasteiger partial charge in [0.25, 0.3) is 0 Å². The van der Waals surface area contributed by atoms with Crippen molar-refractivity contribution in [1.29, 1.82) is 0 Å². The van der Waals surface area contributed by atoms with Crippen LogP contribution in [0.1, 0.15) is 10.4 Å². The first kappa shape index (κ1) is 19.5. The fourth-order valence-corrected chi connectivity index (χ4v) is 3.37. The average molecular weight is 407 g/mol. The van der Waals surface area contributed by atoms with Gasteiger partial charge in [0.05, 0.1) is 5.56 Å². The monoisotopic (exact) mass is 406 g/mol. The van der Waals surface area contributed by atoms with E-state index < -0.39 is 17.7 Å². The Hall–Kier alpha value is -2.29. The number of aromatic nitrogens is 1. The van der Waals surface area contributed by atoms with E-state index >= 15 is 0 Å². The molecule has 142 valence electrons. The molecule has 1 fully saturated rings. The van der Waals surface area contributed by atoms with Crippen LogP contribution in [0.15, 0.2) is 53.7 Å². The van der Waals surface area contributed by atoms with Gasteiger partial charge in [-0.15, -0.1) is 11.8 Å². The van der Waals surface area contributed by atoms with Crippen molar-refractivity contribution in [3.63, 3.8) is 0 Å². The number of carbonyl (C=O) groups excluding carboxylic acids is 2. The molecule has 0 saturated carbocycles. The molecule has 7 nitrogen and oxygen atoms in total. The van der Waals surface area contributed by atoms with Crippen LogP contribution in [0.5, 0.6) is 0 Å². The number of thioether (sulfide) groups is 1. The van der Waals surface area contributed by atoms with Crippen molar-refractivity contribution in [1.82, 2.24) is 15.2 Å². The number of hydrogen-bond donors (Lipinski definition) is 2. The van der Waals surface area contributed by atoms with Gasteiger partial charge in [-0.2, -0.15) is 0 Å². The fraction of sp³-hybridized carbons (Fsp3) is 0.278. The summed E-state index contributed by atoms with van der Waals surface area (Å²) < 4.78 is 5.41. The van der Waals surface area contributed by atoms with Gasteiger partial charge in [-0.3, -0.25) is 10.3 Å². The molecular formula is C18H19ClN4O3S. The van der Waals surface area contributed by atoms with Crippen LogP contribution in [0.4, 0.5) is 10.5 Å². The summed E-state index contributed by atoms with van der Waals surface area (Å²) in [5, 5.41) is 5.85. The highest BCUT2D eigenvalue weighted by Crippen LogP contribution is 2.21. The second-order valence-corrected chi connectivity index (χ2v) is 7.08. The van der Waals surface area contributed by atoms with Crippen molar-refractivity contribution < 1.29 is 14.3 Å². The van der Waals surface area contributed by atoms with Gasteiger partial charge in [-0.05, 0) is 36.6 Å². The molecule has 2 heterocycles. The number of urea groups is 1. The molecule has 1 aliphatic rings. The summed E-state index contributed by atoms with van der Waals surface area (Å²) in [6, 6.07) is 10.4. The maximum atomic E-state index is 12.6.